The molecular formula is C25H41N3O5. The molecule has 1 rings (SSSR count). The lowest BCUT2D eigenvalue weighted by Crippen LogP contribution is -2.54. The van der Waals surface area contributed by atoms with E-state index in [-0.39, 0.29) is 12.5 Å². The Morgan fingerprint density at radius 2 is 1.79 bits per heavy atom. The minimum atomic E-state index is -1.23. The highest BCUT2D eigenvalue weighted by Gasteiger charge is 2.36. The molecule has 1 aromatic rings. The molecule has 186 valence electrons. The highest BCUT2D eigenvalue weighted by Crippen LogP contribution is 2.26. The van der Waals surface area contributed by atoms with Gasteiger partial charge in [-0.05, 0) is 58.6 Å². The van der Waals surface area contributed by atoms with Crippen molar-refractivity contribution in [2.24, 2.45) is 0 Å². The lowest BCUT2D eigenvalue weighted by Gasteiger charge is -2.34. The van der Waals surface area contributed by atoms with Crippen molar-refractivity contribution in [1.29, 1.82) is 0 Å². The number of benzene rings is 1. The lowest BCUT2D eigenvalue weighted by atomic mass is 9.96. The molecule has 1 aromatic carbocycles. The number of aliphatic hydroxyl groups is 1. The van der Waals surface area contributed by atoms with Crippen molar-refractivity contribution in [3.8, 4) is 0 Å². The van der Waals surface area contributed by atoms with Crippen LogP contribution < -0.4 is 10.6 Å². The standard InChI is InChI=1S/C25H41N3O5/c1-8-10-13-26-22(30)21(19-12-11-17(3)15-18(19)4)28(14-9-2)23(31)20(16-29)27-24(32)33-25(5,6)7/h11-12,15,20-21,29H,8-10,13-14,16H2,1-7H3,(H,26,30)(H,27,32). The van der Waals surface area contributed by atoms with Gasteiger partial charge in [0.2, 0.25) is 11.8 Å². The molecule has 2 unspecified atom stereocenters. The van der Waals surface area contributed by atoms with Gasteiger partial charge in [-0.15, -0.1) is 0 Å². The van der Waals surface area contributed by atoms with Crippen LogP contribution in [0.3, 0.4) is 0 Å². The number of aryl methyl sites for hydroxylation is 2. The van der Waals surface area contributed by atoms with E-state index in [9.17, 15) is 19.5 Å². The van der Waals surface area contributed by atoms with Crippen molar-refractivity contribution in [3.63, 3.8) is 0 Å². The van der Waals surface area contributed by atoms with Gasteiger partial charge < -0.3 is 25.4 Å². The van der Waals surface area contributed by atoms with Crippen molar-refractivity contribution < 1.29 is 24.2 Å². The fourth-order valence-electron chi connectivity index (χ4n) is 3.51. The van der Waals surface area contributed by atoms with Crippen LogP contribution in [0.15, 0.2) is 18.2 Å². The smallest absolute Gasteiger partial charge is 0.408 e. The molecule has 0 aliphatic carbocycles. The zero-order chi connectivity index (χ0) is 25.2. The Morgan fingerprint density at radius 1 is 1.12 bits per heavy atom. The number of alkyl carbamates (subject to hydrolysis) is 1. The first-order valence-electron chi connectivity index (χ1n) is 11.7. The Kier molecular flexibility index (Phi) is 11.4. The fraction of sp³-hybridized carbons (Fsp3) is 0.640. The minimum absolute atomic E-state index is 0.282. The molecule has 8 heteroatoms. The van der Waals surface area contributed by atoms with Gasteiger partial charge in [0.05, 0.1) is 6.61 Å². The number of carbonyl (C=O) groups excluding carboxylic acids is 3. The van der Waals surface area contributed by atoms with E-state index in [4.69, 9.17) is 4.74 Å². The Labute approximate surface area is 198 Å². The summed E-state index contributed by atoms with van der Waals surface area (Å²) in [6.45, 7) is 13.1. The Hall–Kier alpha value is -2.61. The largest absolute Gasteiger partial charge is 0.444 e. The molecule has 0 aromatic heterocycles. The molecule has 3 N–H and O–H groups in total. The Bertz CT molecular complexity index is 804. The summed E-state index contributed by atoms with van der Waals surface area (Å²) in [6.07, 6.45) is 1.55. The molecule has 33 heavy (non-hydrogen) atoms. The van der Waals surface area contributed by atoms with Gasteiger partial charge >= 0.3 is 6.09 Å². The van der Waals surface area contributed by atoms with Crippen LogP contribution in [0.25, 0.3) is 0 Å². The zero-order valence-electron chi connectivity index (χ0n) is 21.2. The van der Waals surface area contributed by atoms with Gasteiger partial charge in [-0.25, -0.2) is 4.79 Å². The average molecular weight is 464 g/mol. The lowest BCUT2D eigenvalue weighted by molar-refractivity contribution is -0.143. The van der Waals surface area contributed by atoms with Gasteiger partial charge in [0.1, 0.15) is 17.7 Å². The molecule has 2 atom stereocenters. The van der Waals surface area contributed by atoms with E-state index in [1.165, 1.54) is 4.90 Å². The number of hydrogen-bond donors (Lipinski definition) is 3. The third-order valence-corrected chi connectivity index (χ3v) is 5.03. The number of nitrogens with one attached hydrogen (secondary N) is 2. The number of ether oxygens (including phenoxy) is 1. The summed E-state index contributed by atoms with van der Waals surface area (Å²) in [6, 6.07) is 3.62. The van der Waals surface area contributed by atoms with E-state index in [2.05, 4.69) is 10.6 Å². The quantitative estimate of drug-likeness (QED) is 0.436. The highest BCUT2D eigenvalue weighted by atomic mass is 16.6. The third kappa shape index (κ3) is 9.04. The topological polar surface area (TPSA) is 108 Å². The molecule has 8 nitrogen and oxygen atoms in total. The normalized spacial score (nSPS) is 13.1. The van der Waals surface area contributed by atoms with Crippen LogP contribution in [-0.4, -0.2) is 59.3 Å². The maximum absolute atomic E-state index is 13.5. The molecule has 0 aliphatic heterocycles. The molecule has 0 spiro atoms. The van der Waals surface area contributed by atoms with Gasteiger partial charge in [-0.2, -0.15) is 0 Å². The molecule has 0 radical (unpaired) electrons. The number of unbranched alkanes of at least 4 members (excludes halogenated alkanes) is 1. The summed E-state index contributed by atoms with van der Waals surface area (Å²) < 4.78 is 5.24. The Balaban J connectivity index is 3.33. The highest BCUT2D eigenvalue weighted by molar-refractivity contribution is 5.92. The predicted molar refractivity (Wildman–Crippen MR) is 129 cm³/mol. The first kappa shape index (κ1) is 28.4. The number of rotatable bonds is 11. The molecule has 0 bridgehead atoms. The summed E-state index contributed by atoms with van der Waals surface area (Å²) in [5, 5.41) is 15.3. The summed E-state index contributed by atoms with van der Waals surface area (Å²) in [5.41, 5.74) is 1.90. The number of aliphatic hydroxyl groups excluding tert-OH is 1. The molecule has 0 saturated carbocycles. The van der Waals surface area contributed by atoms with Crippen LogP contribution >= 0.6 is 0 Å². The fourth-order valence-corrected chi connectivity index (χ4v) is 3.51. The predicted octanol–water partition coefficient (Wildman–Crippen LogP) is 3.39. The summed E-state index contributed by atoms with van der Waals surface area (Å²) in [4.78, 5) is 40.5. The van der Waals surface area contributed by atoms with Crippen LogP contribution in [0.1, 0.15) is 76.6 Å². The molecule has 0 heterocycles. The van der Waals surface area contributed by atoms with Crippen molar-refractivity contribution in [2.45, 2.75) is 85.4 Å². The second kappa shape index (κ2) is 13.2. The van der Waals surface area contributed by atoms with Crippen LogP contribution in [0.4, 0.5) is 4.79 Å². The maximum Gasteiger partial charge on any atom is 0.408 e. The van der Waals surface area contributed by atoms with E-state index in [1.807, 2.05) is 45.9 Å². The summed E-state index contributed by atoms with van der Waals surface area (Å²) in [5.74, 6) is -0.827. The van der Waals surface area contributed by atoms with Crippen molar-refractivity contribution in [1.82, 2.24) is 15.5 Å². The van der Waals surface area contributed by atoms with E-state index >= 15 is 0 Å². The van der Waals surface area contributed by atoms with Gasteiger partial charge in [-0.1, -0.05) is 44.0 Å². The number of nitrogens with zero attached hydrogens (tertiary/aromatic N) is 1. The van der Waals surface area contributed by atoms with Crippen molar-refractivity contribution in [3.05, 3.63) is 34.9 Å². The van der Waals surface area contributed by atoms with Gasteiger partial charge in [-0.3, -0.25) is 9.59 Å². The molecule has 3 amide bonds. The van der Waals surface area contributed by atoms with Crippen LogP contribution in [0, 0.1) is 13.8 Å². The van der Waals surface area contributed by atoms with E-state index in [1.54, 1.807) is 20.8 Å². The van der Waals surface area contributed by atoms with Gasteiger partial charge in [0.15, 0.2) is 0 Å². The third-order valence-electron chi connectivity index (χ3n) is 5.03. The van der Waals surface area contributed by atoms with Crippen LogP contribution in [0.2, 0.25) is 0 Å². The van der Waals surface area contributed by atoms with E-state index < -0.39 is 36.3 Å². The first-order valence-corrected chi connectivity index (χ1v) is 11.7. The maximum atomic E-state index is 13.5. The molecular weight excluding hydrogens is 422 g/mol. The SMILES string of the molecule is CCCCNC(=O)C(c1ccc(C)cc1C)N(CCC)C(=O)C(CO)NC(=O)OC(C)(C)C. The van der Waals surface area contributed by atoms with Crippen LogP contribution in [-0.2, 0) is 14.3 Å². The second-order valence-corrected chi connectivity index (χ2v) is 9.32. The minimum Gasteiger partial charge on any atom is -0.444 e. The first-order chi connectivity index (χ1) is 15.4. The number of hydrogen-bond acceptors (Lipinski definition) is 5. The van der Waals surface area contributed by atoms with Crippen molar-refractivity contribution in [2.75, 3.05) is 19.7 Å². The van der Waals surface area contributed by atoms with E-state index in [0.29, 0.717) is 18.5 Å². The number of amides is 3. The molecule has 0 aliphatic rings. The van der Waals surface area contributed by atoms with Crippen LogP contribution in [0.5, 0.6) is 0 Å². The Morgan fingerprint density at radius 3 is 2.30 bits per heavy atom. The monoisotopic (exact) mass is 463 g/mol. The molecule has 0 saturated heterocycles. The van der Waals surface area contributed by atoms with Gasteiger partial charge in [0, 0.05) is 13.1 Å². The van der Waals surface area contributed by atoms with Crippen molar-refractivity contribution >= 4 is 17.9 Å². The molecule has 0 fully saturated rings. The van der Waals surface area contributed by atoms with Gasteiger partial charge in [0.25, 0.3) is 0 Å². The average Bonchev–Trinajstić information content (AvgIpc) is 2.71. The zero-order valence-corrected chi connectivity index (χ0v) is 21.2. The second-order valence-electron chi connectivity index (χ2n) is 9.32. The summed E-state index contributed by atoms with van der Waals surface area (Å²) >= 11 is 0. The number of carbonyl (C=O) groups is 3. The summed E-state index contributed by atoms with van der Waals surface area (Å²) in [7, 11) is 0. The van der Waals surface area contributed by atoms with E-state index in [0.717, 1.165) is 24.0 Å².